The van der Waals surface area contributed by atoms with Crippen LogP contribution in [0.5, 0.6) is 0 Å². The highest BCUT2D eigenvalue weighted by Gasteiger charge is 2.33. The average molecular weight is 210 g/mol. The average Bonchev–Trinajstić information content (AvgIpc) is 2.30. The molecule has 1 unspecified atom stereocenters. The molecule has 0 spiro atoms. The maximum absolute atomic E-state index is 3.77. The fourth-order valence-corrected chi connectivity index (χ4v) is 3.04. The molecule has 3 heterocycles. The van der Waals surface area contributed by atoms with Crippen molar-refractivity contribution in [1.82, 2.24) is 10.2 Å². The van der Waals surface area contributed by atoms with Gasteiger partial charge in [0.15, 0.2) is 0 Å². The molecular weight excluding hydrogens is 184 g/mol. The van der Waals surface area contributed by atoms with E-state index in [0.29, 0.717) is 0 Å². The van der Waals surface area contributed by atoms with Crippen LogP contribution in [0.25, 0.3) is 0 Å². The van der Waals surface area contributed by atoms with Crippen molar-refractivity contribution in [3.63, 3.8) is 0 Å². The first-order chi connectivity index (χ1) is 7.40. The normalized spacial score (nSPS) is 34.6. The Hall–Kier alpha value is -0.0800. The minimum Gasteiger partial charge on any atom is -0.312 e. The van der Waals surface area contributed by atoms with Gasteiger partial charge in [-0.25, -0.2) is 0 Å². The molecule has 3 fully saturated rings. The van der Waals surface area contributed by atoms with Crippen molar-refractivity contribution in [3.05, 3.63) is 0 Å². The second kappa shape index (κ2) is 5.86. The summed E-state index contributed by atoms with van der Waals surface area (Å²) in [5.74, 6) is 0.987. The van der Waals surface area contributed by atoms with Gasteiger partial charge in [-0.15, -0.1) is 0 Å². The molecule has 2 nitrogen and oxygen atoms in total. The van der Waals surface area contributed by atoms with Crippen molar-refractivity contribution in [2.24, 2.45) is 5.92 Å². The van der Waals surface area contributed by atoms with Crippen LogP contribution in [-0.2, 0) is 0 Å². The smallest absolute Gasteiger partial charge is 0.0224 e. The molecule has 0 radical (unpaired) electrons. The minimum absolute atomic E-state index is 0.814. The van der Waals surface area contributed by atoms with Crippen LogP contribution in [-0.4, -0.2) is 37.1 Å². The van der Waals surface area contributed by atoms with Crippen LogP contribution < -0.4 is 5.32 Å². The first-order valence-corrected chi connectivity index (χ1v) is 6.86. The standard InChI is InChI=1S/C13H26N2/c1-2-3-4-5-8-14-13-11-15-9-6-12(13)7-10-15/h12-14H,2-11H2,1H3. The number of unbranched alkanes of at least 4 members (excludes halogenated alkanes) is 3. The van der Waals surface area contributed by atoms with Gasteiger partial charge in [-0.2, -0.15) is 0 Å². The molecule has 2 bridgehead atoms. The predicted octanol–water partition coefficient (Wildman–Crippen LogP) is 2.25. The monoisotopic (exact) mass is 210 g/mol. The number of hydrogen-bond acceptors (Lipinski definition) is 2. The van der Waals surface area contributed by atoms with Crippen LogP contribution in [0.1, 0.15) is 45.4 Å². The van der Waals surface area contributed by atoms with Crippen LogP contribution in [0.15, 0.2) is 0 Å². The summed E-state index contributed by atoms with van der Waals surface area (Å²) in [6.45, 7) is 7.56. The van der Waals surface area contributed by atoms with E-state index in [1.807, 2.05) is 0 Å². The minimum atomic E-state index is 0.814. The second-order valence-corrected chi connectivity index (χ2v) is 5.26. The molecule has 0 aromatic heterocycles. The molecule has 1 atom stereocenters. The maximum Gasteiger partial charge on any atom is 0.0224 e. The first-order valence-electron chi connectivity index (χ1n) is 6.86. The van der Waals surface area contributed by atoms with Gasteiger partial charge in [-0.3, -0.25) is 0 Å². The topological polar surface area (TPSA) is 15.3 Å². The van der Waals surface area contributed by atoms with E-state index in [-0.39, 0.29) is 0 Å². The molecule has 3 aliphatic heterocycles. The lowest BCUT2D eigenvalue weighted by molar-refractivity contribution is 0.0727. The van der Waals surface area contributed by atoms with Crippen LogP contribution in [0.4, 0.5) is 0 Å². The molecule has 2 heteroatoms. The zero-order valence-electron chi connectivity index (χ0n) is 10.2. The van der Waals surface area contributed by atoms with E-state index in [0.717, 1.165) is 12.0 Å². The SMILES string of the molecule is CCCCCCNC1CN2CCC1CC2. The van der Waals surface area contributed by atoms with Crippen LogP contribution in [0, 0.1) is 5.92 Å². The van der Waals surface area contributed by atoms with Gasteiger partial charge >= 0.3 is 0 Å². The molecule has 0 saturated carbocycles. The summed E-state index contributed by atoms with van der Waals surface area (Å²) in [5, 5.41) is 3.77. The lowest BCUT2D eigenvalue weighted by Crippen LogP contribution is -2.56. The highest BCUT2D eigenvalue weighted by Crippen LogP contribution is 2.27. The van der Waals surface area contributed by atoms with E-state index in [2.05, 4.69) is 17.1 Å². The highest BCUT2D eigenvalue weighted by atomic mass is 15.2. The first kappa shape index (κ1) is 11.4. The Morgan fingerprint density at radius 3 is 2.53 bits per heavy atom. The van der Waals surface area contributed by atoms with Gasteiger partial charge in [0.1, 0.15) is 0 Å². The summed E-state index contributed by atoms with van der Waals surface area (Å²) >= 11 is 0. The van der Waals surface area contributed by atoms with E-state index in [4.69, 9.17) is 0 Å². The molecule has 15 heavy (non-hydrogen) atoms. The van der Waals surface area contributed by atoms with Crippen molar-refractivity contribution in [3.8, 4) is 0 Å². The molecule has 3 rings (SSSR count). The van der Waals surface area contributed by atoms with Gasteiger partial charge in [0, 0.05) is 12.6 Å². The lowest BCUT2D eigenvalue weighted by Gasteiger charge is -2.45. The zero-order chi connectivity index (χ0) is 10.5. The van der Waals surface area contributed by atoms with E-state index < -0.39 is 0 Å². The third kappa shape index (κ3) is 3.18. The Labute approximate surface area is 94.4 Å². The fourth-order valence-electron chi connectivity index (χ4n) is 3.04. The van der Waals surface area contributed by atoms with Crippen molar-refractivity contribution in [2.45, 2.75) is 51.5 Å². The van der Waals surface area contributed by atoms with Gasteiger partial charge < -0.3 is 10.2 Å². The number of hydrogen-bond donors (Lipinski definition) is 1. The quantitative estimate of drug-likeness (QED) is 0.676. The second-order valence-electron chi connectivity index (χ2n) is 5.26. The number of fused-ring (bicyclic) bond motifs is 3. The molecule has 3 saturated heterocycles. The molecule has 1 N–H and O–H groups in total. The largest absolute Gasteiger partial charge is 0.312 e. The van der Waals surface area contributed by atoms with Gasteiger partial charge in [0.05, 0.1) is 0 Å². The highest BCUT2D eigenvalue weighted by molar-refractivity contribution is 4.90. The fraction of sp³-hybridized carbons (Fsp3) is 1.00. The van der Waals surface area contributed by atoms with Gasteiger partial charge in [-0.05, 0) is 44.8 Å². The van der Waals surface area contributed by atoms with Crippen molar-refractivity contribution in [2.75, 3.05) is 26.2 Å². The van der Waals surface area contributed by atoms with Crippen molar-refractivity contribution >= 4 is 0 Å². The predicted molar refractivity (Wildman–Crippen MR) is 65.1 cm³/mol. The summed E-state index contributed by atoms with van der Waals surface area (Å²) < 4.78 is 0. The van der Waals surface area contributed by atoms with Crippen LogP contribution in [0.3, 0.4) is 0 Å². The Kier molecular flexibility index (Phi) is 4.45. The van der Waals surface area contributed by atoms with Gasteiger partial charge in [-0.1, -0.05) is 26.2 Å². The van der Waals surface area contributed by atoms with Crippen molar-refractivity contribution < 1.29 is 0 Å². The van der Waals surface area contributed by atoms with E-state index in [1.165, 1.54) is 64.7 Å². The summed E-state index contributed by atoms with van der Waals surface area (Å²) in [4.78, 5) is 2.63. The molecule has 0 amide bonds. The van der Waals surface area contributed by atoms with Crippen LogP contribution >= 0.6 is 0 Å². The Balaban J connectivity index is 1.59. The van der Waals surface area contributed by atoms with E-state index in [1.54, 1.807) is 0 Å². The summed E-state index contributed by atoms with van der Waals surface area (Å²) in [5.41, 5.74) is 0. The summed E-state index contributed by atoms with van der Waals surface area (Å²) in [6.07, 6.45) is 8.41. The van der Waals surface area contributed by atoms with Gasteiger partial charge in [0.2, 0.25) is 0 Å². The number of piperidine rings is 3. The Bertz CT molecular complexity index is 173. The van der Waals surface area contributed by atoms with E-state index >= 15 is 0 Å². The Morgan fingerprint density at radius 1 is 1.13 bits per heavy atom. The van der Waals surface area contributed by atoms with Crippen molar-refractivity contribution in [1.29, 1.82) is 0 Å². The van der Waals surface area contributed by atoms with Crippen LogP contribution in [0.2, 0.25) is 0 Å². The zero-order valence-corrected chi connectivity index (χ0v) is 10.2. The molecule has 88 valence electrons. The molecule has 3 aliphatic rings. The van der Waals surface area contributed by atoms with E-state index in [9.17, 15) is 0 Å². The number of nitrogens with zero attached hydrogens (tertiary/aromatic N) is 1. The Morgan fingerprint density at radius 2 is 1.93 bits per heavy atom. The molecular formula is C13H26N2. The maximum atomic E-state index is 3.77. The number of nitrogens with one attached hydrogen (secondary N) is 1. The number of rotatable bonds is 6. The molecule has 0 aromatic carbocycles. The summed E-state index contributed by atoms with van der Waals surface area (Å²) in [7, 11) is 0. The summed E-state index contributed by atoms with van der Waals surface area (Å²) in [6, 6.07) is 0.814. The third-order valence-electron chi connectivity index (χ3n) is 4.09. The lowest BCUT2D eigenvalue weighted by atomic mass is 9.84. The van der Waals surface area contributed by atoms with Gasteiger partial charge in [0.25, 0.3) is 0 Å². The molecule has 0 aromatic rings. The molecule has 0 aliphatic carbocycles. The third-order valence-corrected chi connectivity index (χ3v) is 4.09.